The number of aliphatic hydroxyl groups excluding tert-OH is 1. The van der Waals surface area contributed by atoms with Gasteiger partial charge in [-0.2, -0.15) is 0 Å². The van der Waals surface area contributed by atoms with E-state index in [4.69, 9.17) is 5.11 Å². The molecule has 2 heterocycles. The highest BCUT2D eigenvalue weighted by atomic mass is 16.6. The van der Waals surface area contributed by atoms with Crippen LogP contribution in [0.15, 0.2) is 0 Å². The van der Waals surface area contributed by atoms with Crippen molar-refractivity contribution in [3.8, 4) is 0 Å². The quantitative estimate of drug-likeness (QED) is 0.394. The zero-order valence-electron chi connectivity index (χ0n) is 4.70. The van der Waals surface area contributed by atoms with Gasteiger partial charge in [-0.15, -0.1) is 0 Å². The summed E-state index contributed by atoms with van der Waals surface area (Å²) in [5.41, 5.74) is 0. The SMILES string of the molecule is O=C1OC2CC(O)N[C@@H]12. The Balaban J connectivity index is 2.08. The van der Waals surface area contributed by atoms with Gasteiger partial charge in [0, 0.05) is 6.42 Å². The molecule has 4 nitrogen and oxygen atoms in total. The normalized spacial score (nSPS) is 47.7. The molecule has 0 bridgehead atoms. The van der Waals surface area contributed by atoms with E-state index in [9.17, 15) is 4.79 Å². The largest absolute Gasteiger partial charge is 0.459 e. The highest BCUT2D eigenvalue weighted by molar-refractivity contribution is 5.82. The Morgan fingerprint density at radius 2 is 2.56 bits per heavy atom. The Morgan fingerprint density at radius 3 is 3.00 bits per heavy atom. The second-order valence-corrected chi connectivity index (χ2v) is 2.37. The van der Waals surface area contributed by atoms with Gasteiger partial charge in [0.15, 0.2) is 0 Å². The number of carbonyl (C=O) groups is 1. The third-order valence-electron chi connectivity index (χ3n) is 1.72. The summed E-state index contributed by atoms with van der Waals surface area (Å²) in [6.07, 6.45) is -0.0740. The topological polar surface area (TPSA) is 58.6 Å². The minimum Gasteiger partial charge on any atom is -0.459 e. The third kappa shape index (κ3) is 0.571. The fourth-order valence-corrected chi connectivity index (χ4v) is 1.22. The van der Waals surface area contributed by atoms with Crippen molar-refractivity contribution in [1.82, 2.24) is 5.32 Å². The molecule has 3 atom stereocenters. The maximum atomic E-state index is 10.5. The lowest BCUT2D eigenvalue weighted by molar-refractivity contribution is -0.172. The molecule has 2 saturated heterocycles. The minimum absolute atomic E-state index is 0.0625. The number of hydrogen-bond acceptors (Lipinski definition) is 4. The lowest BCUT2D eigenvalue weighted by atomic mass is 10.1. The Labute approximate surface area is 51.8 Å². The summed E-state index contributed by atoms with van der Waals surface area (Å²) in [4.78, 5) is 10.5. The van der Waals surface area contributed by atoms with Crippen LogP contribution in [0.1, 0.15) is 6.42 Å². The molecule has 2 unspecified atom stereocenters. The molecule has 2 fully saturated rings. The first-order valence-electron chi connectivity index (χ1n) is 2.92. The first-order chi connectivity index (χ1) is 4.27. The molecule has 0 aliphatic carbocycles. The van der Waals surface area contributed by atoms with E-state index in [-0.39, 0.29) is 18.1 Å². The van der Waals surface area contributed by atoms with Gasteiger partial charge in [0.05, 0.1) is 0 Å². The summed E-state index contributed by atoms with van der Waals surface area (Å²) in [7, 11) is 0. The Bertz CT molecular complexity index is 158. The van der Waals surface area contributed by atoms with E-state index in [1.54, 1.807) is 0 Å². The number of carbonyl (C=O) groups excluding carboxylic acids is 1. The molecule has 2 aliphatic rings. The first-order valence-corrected chi connectivity index (χ1v) is 2.92. The smallest absolute Gasteiger partial charge is 0.327 e. The van der Waals surface area contributed by atoms with E-state index in [0.29, 0.717) is 6.42 Å². The van der Waals surface area contributed by atoms with Gasteiger partial charge in [-0.1, -0.05) is 0 Å². The zero-order valence-corrected chi connectivity index (χ0v) is 4.70. The van der Waals surface area contributed by atoms with E-state index in [1.807, 2.05) is 0 Å². The molecule has 0 aromatic carbocycles. The fraction of sp³-hybridized carbons (Fsp3) is 0.800. The van der Waals surface area contributed by atoms with E-state index in [0.717, 1.165) is 0 Å². The molecule has 0 amide bonds. The van der Waals surface area contributed by atoms with Gasteiger partial charge in [0.2, 0.25) is 0 Å². The van der Waals surface area contributed by atoms with Crippen LogP contribution >= 0.6 is 0 Å². The van der Waals surface area contributed by atoms with Gasteiger partial charge in [-0.05, 0) is 0 Å². The van der Waals surface area contributed by atoms with E-state index in [2.05, 4.69) is 10.1 Å². The molecular weight excluding hydrogens is 122 g/mol. The Kier molecular flexibility index (Phi) is 0.841. The first kappa shape index (κ1) is 5.20. The van der Waals surface area contributed by atoms with E-state index < -0.39 is 6.23 Å². The molecule has 2 aliphatic heterocycles. The number of fused-ring (bicyclic) bond motifs is 1. The number of nitrogens with one attached hydrogen (secondary N) is 1. The third-order valence-corrected chi connectivity index (χ3v) is 1.72. The van der Waals surface area contributed by atoms with Gasteiger partial charge in [-0.25, -0.2) is 0 Å². The van der Waals surface area contributed by atoms with Crippen molar-refractivity contribution >= 4 is 5.97 Å². The lowest BCUT2D eigenvalue weighted by Gasteiger charge is -2.27. The van der Waals surface area contributed by atoms with Crippen LogP contribution in [0.2, 0.25) is 0 Å². The van der Waals surface area contributed by atoms with Gasteiger partial charge >= 0.3 is 5.97 Å². The number of aliphatic hydroxyl groups is 1. The molecule has 2 rings (SSSR count). The molecule has 0 spiro atoms. The van der Waals surface area contributed by atoms with Crippen molar-refractivity contribution in [2.24, 2.45) is 0 Å². The standard InChI is InChI=1S/C5H7NO3/c7-3-1-2-4(6-3)5(8)9-2/h2-4,6-7H,1H2/t2?,3?,4-/m1/s1. The van der Waals surface area contributed by atoms with Crippen LogP contribution in [0.4, 0.5) is 0 Å². The number of ether oxygens (including phenoxy) is 1. The molecule has 50 valence electrons. The zero-order chi connectivity index (χ0) is 6.43. The van der Waals surface area contributed by atoms with Crippen LogP contribution < -0.4 is 5.32 Å². The van der Waals surface area contributed by atoms with Gasteiger partial charge < -0.3 is 9.84 Å². The fourth-order valence-electron chi connectivity index (χ4n) is 1.22. The molecule has 9 heavy (non-hydrogen) atoms. The van der Waals surface area contributed by atoms with Crippen molar-refractivity contribution < 1.29 is 14.6 Å². The van der Waals surface area contributed by atoms with Gasteiger partial charge in [-0.3, -0.25) is 10.1 Å². The lowest BCUT2D eigenvalue weighted by Crippen LogP contribution is -2.52. The highest BCUT2D eigenvalue weighted by Crippen LogP contribution is 2.25. The highest BCUT2D eigenvalue weighted by Gasteiger charge is 2.49. The van der Waals surface area contributed by atoms with Crippen LogP contribution in [0, 0.1) is 0 Å². The second kappa shape index (κ2) is 1.46. The second-order valence-electron chi connectivity index (χ2n) is 2.37. The van der Waals surface area contributed by atoms with Crippen molar-refractivity contribution in [3.63, 3.8) is 0 Å². The molecule has 0 aromatic rings. The van der Waals surface area contributed by atoms with Crippen molar-refractivity contribution in [2.45, 2.75) is 24.8 Å². The molecule has 0 saturated carbocycles. The number of hydrogen-bond donors (Lipinski definition) is 2. The average molecular weight is 129 g/mol. The molecule has 0 radical (unpaired) electrons. The molecule has 0 aromatic heterocycles. The predicted molar refractivity (Wildman–Crippen MR) is 27.4 cm³/mol. The Hall–Kier alpha value is -0.610. The summed E-state index contributed by atoms with van der Waals surface area (Å²) in [6, 6.07) is -0.222. The van der Waals surface area contributed by atoms with Crippen LogP contribution in [-0.2, 0) is 9.53 Å². The van der Waals surface area contributed by atoms with Gasteiger partial charge in [0.25, 0.3) is 0 Å². The van der Waals surface area contributed by atoms with Crippen LogP contribution in [0.5, 0.6) is 0 Å². The number of rotatable bonds is 0. The van der Waals surface area contributed by atoms with Crippen LogP contribution in [0.25, 0.3) is 0 Å². The van der Waals surface area contributed by atoms with Crippen LogP contribution in [-0.4, -0.2) is 29.4 Å². The minimum atomic E-state index is -0.550. The maximum Gasteiger partial charge on any atom is 0.327 e. The number of esters is 1. The Morgan fingerprint density at radius 1 is 1.78 bits per heavy atom. The summed E-state index contributed by atoms with van der Waals surface area (Å²) in [5, 5.41) is 11.6. The van der Waals surface area contributed by atoms with Crippen LogP contribution in [0.3, 0.4) is 0 Å². The summed E-state index contributed by atoms with van der Waals surface area (Å²) < 4.78 is 4.67. The average Bonchev–Trinajstić information content (AvgIpc) is 2.08. The predicted octanol–water partition coefficient (Wildman–Crippen LogP) is -1.41. The maximum absolute atomic E-state index is 10.5. The van der Waals surface area contributed by atoms with Crippen molar-refractivity contribution in [2.75, 3.05) is 0 Å². The summed E-state index contributed by atoms with van der Waals surface area (Å²) in [5.74, 6) is -0.239. The van der Waals surface area contributed by atoms with E-state index in [1.165, 1.54) is 0 Å². The summed E-state index contributed by atoms with van der Waals surface area (Å²) >= 11 is 0. The van der Waals surface area contributed by atoms with E-state index >= 15 is 0 Å². The van der Waals surface area contributed by atoms with Crippen molar-refractivity contribution in [3.05, 3.63) is 0 Å². The summed E-state index contributed by atoms with van der Waals surface area (Å²) in [6.45, 7) is 0. The molecule has 2 N–H and O–H groups in total. The monoisotopic (exact) mass is 129 g/mol. The molecular formula is C5H7NO3. The molecule has 4 heteroatoms. The van der Waals surface area contributed by atoms with Gasteiger partial charge in [0.1, 0.15) is 18.4 Å². The van der Waals surface area contributed by atoms with Crippen molar-refractivity contribution in [1.29, 1.82) is 0 Å².